The zero-order valence-corrected chi connectivity index (χ0v) is 9.93. The summed E-state index contributed by atoms with van der Waals surface area (Å²) in [4.78, 5) is 0. The molecule has 0 aromatic carbocycles. The number of nitrogen functional groups attached to an aromatic ring is 1. The van der Waals surface area contributed by atoms with Gasteiger partial charge < -0.3 is 15.8 Å². The van der Waals surface area contributed by atoms with Gasteiger partial charge in [-0.15, -0.1) is 0 Å². The molecule has 84 valence electrons. The van der Waals surface area contributed by atoms with Crippen LogP contribution in [0.15, 0.2) is 0 Å². The van der Waals surface area contributed by atoms with Crippen LogP contribution in [0.25, 0.3) is 0 Å². The van der Waals surface area contributed by atoms with E-state index in [-0.39, 0.29) is 0 Å². The number of aromatic nitrogens is 1. The van der Waals surface area contributed by atoms with Gasteiger partial charge in [0.1, 0.15) is 0 Å². The van der Waals surface area contributed by atoms with Crippen LogP contribution >= 0.6 is 11.5 Å². The summed E-state index contributed by atoms with van der Waals surface area (Å²) in [5, 5.41) is 4.33. The van der Waals surface area contributed by atoms with Crippen molar-refractivity contribution < 1.29 is 4.74 Å². The Morgan fingerprint density at radius 1 is 1.67 bits per heavy atom. The first-order valence-electron chi connectivity index (χ1n) is 5.34. The van der Waals surface area contributed by atoms with E-state index in [0.29, 0.717) is 12.4 Å². The first-order chi connectivity index (χ1) is 7.22. The van der Waals surface area contributed by atoms with Crippen molar-refractivity contribution in [2.24, 2.45) is 11.8 Å². The minimum Gasteiger partial charge on any atom is -0.487 e. The van der Waals surface area contributed by atoms with Gasteiger partial charge in [0.15, 0.2) is 16.6 Å². The van der Waals surface area contributed by atoms with Crippen molar-refractivity contribution in [2.45, 2.75) is 20.3 Å². The molecule has 1 heterocycles. The van der Waals surface area contributed by atoms with Crippen LogP contribution in [0.3, 0.4) is 0 Å². The lowest BCUT2D eigenvalue weighted by atomic mass is 10.3. The van der Waals surface area contributed by atoms with Crippen LogP contribution in [0.2, 0.25) is 0 Å². The Morgan fingerprint density at radius 3 is 3.00 bits per heavy atom. The van der Waals surface area contributed by atoms with Crippen molar-refractivity contribution in [2.75, 3.05) is 24.2 Å². The minimum atomic E-state index is 0.494. The molecule has 2 atom stereocenters. The molecule has 4 nitrogen and oxygen atoms in total. The summed E-state index contributed by atoms with van der Waals surface area (Å²) >= 11 is 1.38. The van der Waals surface area contributed by atoms with Crippen LogP contribution in [0.4, 0.5) is 10.8 Å². The molecule has 1 saturated carbocycles. The molecule has 1 fully saturated rings. The fraction of sp³-hybridized carbons (Fsp3) is 0.700. The van der Waals surface area contributed by atoms with Crippen LogP contribution in [0, 0.1) is 11.8 Å². The Labute approximate surface area is 94.0 Å². The third kappa shape index (κ3) is 2.34. The number of ether oxygens (including phenoxy) is 1. The van der Waals surface area contributed by atoms with Crippen LogP contribution in [-0.2, 0) is 0 Å². The summed E-state index contributed by atoms with van der Waals surface area (Å²) in [7, 11) is 0. The topological polar surface area (TPSA) is 60.2 Å². The van der Waals surface area contributed by atoms with Gasteiger partial charge in [-0.25, -0.2) is 0 Å². The first kappa shape index (κ1) is 10.5. The third-order valence-electron chi connectivity index (χ3n) is 2.76. The van der Waals surface area contributed by atoms with Crippen molar-refractivity contribution in [3.63, 3.8) is 0 Å². The van der Waals surface area contributed by atoms with E-state index in [2.05, 4.69) is 16.6 Å². The molecule has 5 heteroatoms. The minimum absolute atomic E-state index is 0.494. The summed E-state index contributed by atoms with van der Waals surface area (Å²) < 4.78 is 9.53. The van der Waals surface area contributed by atoms with Gasteiger partial charge in [-0.3, -0.25) is 0 Å². The summed E-state index contributed by atoms with van der Waals surface area (Å²) in [5.74, 6) is 2.88. The van der Waals surface area contributed by atoms with E-state index in [1.807, 2.05) is 6.92 Å². The van der Waals surface area contributed by atoms with Crippen molar-refractivity contribution in [1.82, 2.24) is 4.37 Å². The van der Waals surface area contributed by atoms with E-state index in [9.17, 15) is 0 Å². The molecule has 0 saturated heterocycles. The molecule has 0 amide bonds. The average molecular weight is 227 g/mol. The van der Waals surface area contributed by atoms with Gasteiger partial charge in [-0.2, -0.15) is 4.37 Å². The highest BCUT2D eigenvalue weighted by atomic mass is 32.1. The highest BCUT2D eigenvalue weighted by Crippen LogP contribution is 2.40. The molecule has 2 rings (SSSR count). The fourth-order valence-corrected chi connectivity index (χ4v) is 2.26. The summed E-state index contributed by atoms with van der Waals surface area (Å²) in [6.07, 6.45) is 1.32. The lowest BCUT2D eigenvalue weighted by molar-refractivity contribution is 0.344. The Bertz CT molecular complexity index is 339. The van der Waals surface area contributed by atoms with Crippen LogP contribution in [-0.4, -0.2) is 17.5 Å². The number of nitrogens with zero attached hydrogens (tertiary/aromatic N) is 1. The van der Waals surface area contributed by atoms with Crippen LogP contribution < -0.4 is 15.8 Å². The van der Waals surface area contributed by atoms with E-state index in [0.717, 1.165) is 29.1 Å². The molecule has 1 aromatic rings. The summed E-state index contributed by atoms with van der Waals surface area (Å²) in [5.41, 5.74) is 5.71. The molecule has 1 aromatic heterocycles. The highest BCUT2D eigenvalue weighted by molar-refractivity contribution is 7.11. The van der Waals surface area contributed by atoms with E-state index in [4.69, 9.17) is 10.5 Å². The SMILES string of the molecule is CCOc1c(N)nsc1NCC1CC1C. The van der Waals surface area contributed by atoms with Gasteiger partial charge >= 0.3 is 0 Å². The number of hydrogen-bond donors (Lipinski definition) is 2. The Hall–Kier alpha value is -0.970. The Kier molecular flexibility index (Phi) is 3.00. The van der Waals surface area contributed by atoms with Gasteiger partial charge in [-0.05, 0) is 36.7 Å². The normalized spacial score (nSPS) is 23.9. The van der Waals surface area contributed by atoms with Crippen molar-refractivity contribution in [3.05, 3.63) is 0 Å². The molecule has 0 spiro atoms. The molecule has 0 aliphatic heterocycles. The maximum atomic E-state index is 5.71. The number of hydrogen-bond acceptors (Lipinski definition) is 5. The molecule has 1 aliphatic carbocycles. The Morgan fingerprint density at radius 2 is 2.40 bits per heavy atom. The van der Waals surface area contributed by atoms with Gasteiger partial charge in [0.2, 0.25) is 0 Å². The molecule has 15 heavy (non-hydrogen) atoms. The van der Waals surface area contributed by atoms with E-state index in [1.54, 1.807) is 0 Å². The van der Waals surface area contributed by atoms with E-state index < -0.39 is 0 Å². The monoisotopic (exact) mass is 227 g/mol. The average Bonchev–Trinajstić information content (AvgIpc) is 2.81. The predicted octanol–water partition coefficient (Wildman–Crippen LogP) is 2.19. The second-order valence-electron chi connectivity index (χ2n) is 4.01. The number of nitrogens with one attached hydrogen (secondary N) is 1. The largest absolute Gasteiger partial charge is 0.487 e. The number of nitrogens with two attached hydrogens (primary N) is 1. The standard InChI is InChI=1S/C10H17N3OS/c1-3-14-8-9(11)13-15-10(8)12-5-7-4-6(7)2/h6-7,12H,3-5H2,1-2H3,(H2,11,13). The predicted molar refractivity (Wildman–Crippen MR) is 63.5 cm³/mol. The van der Waals surface area contributed by atoms with Crippen LogP contribution in [0.1, 0.15) is 20.3 Å². The van der Waals surface area contributed by atoms with E-state index >= 15 is 0 Å². The smallest absolute Gasteiger partial charge is 0.197 e. The summed E-state index contributed by atoms with van der Waals surface area (Å²) in [6, 6.07) is 0. The van der Waals surface area contributed by atoms with Crippen molar-refractivity contribution in [1.29, 1.82) is 0 Å². The highest BCUT2D eigenvalue weighted by Gasteiger charge is 2.32. The number of rotatable bonds is 5. The molecule has 0 bridgehead atoms. The Balaban J connectivity index is 1.94. The third-order valence-corrected chi connectivity index (χ3v) is 3.56. The quantitative estimate of drug-likeness (QED) is 0.809. The van der Waals surface area contributed by atoms with Crippen molar-refractivity contribution in [3.8, 4) is 5.75 Å². The van der Waals surface area contributed by atoms with E-state index in [1.165, 1.54) is 18.0 Å². The van der Waals surface area contributed by atoms with Crippen molar-refractivity contribution >= 4 is 22.4 Å². The lowest BCUT2D eigenvalue weighted by Crippen LogP contribution is -2.05. The second-order valence-corrected chi connectivity index (χ2v) is 4.79. The van der Waals surface area contributed by atoms with Crippen LogP contribution in [0.5, 0.6) is 5.75 Å². The maximum absolute atomic E-state index is 5.71. The van der Waals surface area contributed by atoms with Gasteiger partial charge in [0, 0.05) is 6.54 Å². The number of anilines is 2. The molecule has 3 N–H and O–H groups in total. The zero-order valence-electron chi connectivity index (χ0n) is 9.12. The fourth-order valence-electron chi connectivity index (χ4n) is 1.60. The molecule has 0 radical (unpaired) electrons. The first-order valence-corrected chi connectivity index (χ1v) is 6.11. The van der Waals surface area contributed by atoms with Gasteiger partial charge in [0.25, 0.3) is 0 Å². The molecular formula is C10H17N3OS. The lowest BCUT2D eigenvalue weighted by Gasteiger charge is -2.06. The van der Waals surface area contributed by atoms with Gasteiger partial charge in [-0.1, -0.05) is 6.92 Å². The summed E-state index contributed by atoms with van der Waals surface area (Å²) in [6.45, 7) is 5.85. The zero-order chi connectivity index (χ0) is 10.8. The maximum Gasteiger partial charge on any atom is 0.197 e. The van der Waals surface area contributed by atoms with Gasteiger partial charge in [0.05, 0.1) is 6.61 Å². The molecule has 2 unspecified atom stereocenters. The molecular weight excluding hydrogens is 210 g/mol. The molecule has 1 aliphatic rings. The second kappa shape index (κ2) is 4.26.